The number of ether oxygens (including phenoxy) is 1. The Balaban J connectivity index is 1.47. The second-order valence-electron chi connectivity index (χ2n) is 8.40. The minimum Gasteiger partial charge on any atom is -0.495 e. The smallest absolute Gasteiger partial charge is 0.265 e. The average molecular weight is 556 g/mol. The molecule has 0 atom stereocenters. The van der Waals surface area contributed by atoms with Crippen LogP contribution in [0.1, 0.15) is 6.42 Å². The van der Waals surface area contributed by atoms with Gasteiger partial charge in [0.1, 0.15) is 12.3 Å². The van der Waals surface area contributed by atoms with Crippen molar-refractivity contribution in [3.8, 4) is 28.5 Å². The topological polar surface area (TPSA) is 132 Å². The molecule has 0 amide bonds. The van der Waals surface area contributed by atoms with Gasteiger partial charge in [0.25, 0.3) is 10.1 Å². The third kappa shape index (κ3) is 5.65. The number of methoxy groups -OCH3 is 1. The minimum absolute atomic E-state index is 0.281. The van der Waals surface area contributed by atoms with Crippen LogP contribution in [0.25, 0.3) is 44.5 Å². The molecule has 2 N–H and O–H groups in total. The Morgan fingerprint density at radius 2 is 1.92 bits per heavy atom. The van der Waals surface area contributed by atoms with Gasteiger partial charge in [-0.1, -0.05) is 29.3 Å². The monoisotopic (exact) mass is 555 g/mol. The van der Waals surface area contributed by atoms with Crippen LogP contribution in [0, 0.1) is 0 Å². The van der Waals surface area contributed by atoms with Crippen molar-refractivity contribution in [1.29, 1.82) is 0 Å². The summed E-state index contributed by atoms with van der Waals surface area (Å²) >= 11 is 0.821. The Morgan fingerprint density at radius 1 is 1.08 bits per heavy atom. The third-order valence-corrected chi connectivity index (χ3v) is 7.46. The van der Waals surface area contributed by atoms with E-state index in [1.165, 1.54) is 0 Å². The summed E-state index contributed by atoms with van der Waals surface area (Å²) in [6.07, 6.45) is 3.80. The van der Waals surface area contributed by atoms with Crippen molar-refractivity contribution in [1.82, 2.24) is 4.98 Å². The molecular formula is C26H23N2O8S2+. The zero-order valence-electron chi connectivity index (χ0n) is 20.1. The SMILES string of the molecule is COc1cc2ccc(-c3cnc(-c4cc[n+](CCCS(=O)(=O)O)c5ccccc45)o3)cc2cc1SOOO. The zero-order valence-corrected chi connectivity index (χ0v) is 21.7. The van der Waals surface area contributed by atoms with E-state index < -0.39 is 10.1 Å². The second kappa shape index (κ2) is 11.1. The molecule has 0 aliphatic heterocycles. The third-order valence-electron chi connectivity index (χ3n) is 6.02. The van der Waals surface area contributed by atoms with Gasteiger partial charge in [0, 0.05) is 24.1 Å². The van der Waals surface area contributed by atoms with Crippen molar-refractivity contribution in [3.05, 3.63) is 73.1 Å². The summed E-state index contributed by atoms with van der Waals surface area (Å²) in [6.45, 7) is 0.426. The molecule has 5 aromatic rings. The number of rotatable bonds is 10. The lowest BCUT2D eigenvalue weighted by Crippen LogP contribution is -2.35. The number of fused-ring (bicyclic) bond motifs is 2. The van der Waals surface area contributed by atoms with Crippen LogP contribution in [0.4, 0.5) is 0 Å². The Morgan fingerprint density at radius 3 is 2.71 bits per heavy atom. The fourth-order valence-electron chi connectivity index (χ4n) is 4.30. The van der Waals surface area contributed by atoms with Gasteiger partial charge in [-0.25, -0.2) is 10.2 Å². The molecule has 10 nitrogen and oxygen atoms in total. The van der Waals surface area contributed by atoms with Gasteiger partial charge in [0.05, 0.1) is 46.9 Å². The van der Waals surface area contributed by atoms with E-state index in [2.05, 4.69) is 14.4 Å². The van der Waals surface area contributed by atoms with Gasteiger partial charge in [-0.2, -0.15) is 13.0 Å². The van der Waals surface area contributed by atoms with Crippen LogP contribution in [0.2, 0.25) is 0 Å². The van der Waals surface area contributed by atoms with Crippen LogP contribution in [0.5, 0.6) is 5.75 Å². The molecule has 3 aromatic carbocycles. The average Bonchev–Trinajstić information content (AvgIpc) is 3.40. The van der Waals surface area contributed by atoms with E-state index in [0.717, 1.165) is 44.8 Å². The van der Waals surface area contributed by atoms with E-state index in [-0.39, 0.29) is 12.2 Å². The van der Waals surface area contributed by atoms with E-state index in [9.17, 15) is 8.42 Å². The Bertz CT molecular complexity index is 1720. The minimum atomic E-state index is -4.01. The van der Waals surface area contributed by atoms with Crippen molar-refractivity contribution in [2.24, 2.45) is 0 Å². The molecule has 5 rings (SSSR count). The first kappa shape index (κ1) is 26.1. The van der Waals surface area contributed by atoms with Crippen molar-refractivity contribution in [2.45, 2.75) is 17.9 Å². The van der Waals surface area contributed by atoms with Gasteiger partial charge in [0.2, 0.25) is 11.4 Å². The lowest BCUT2D eigenvalue weighted by molar-refractivity contribution is -0.671. The number of para-hydroxylation sites is 1. The van der Waals surface area contributed by atoms with Gasteiger partial charge in [-0.05, 0) is 35.0 Å². The van der Waals surface area contributed by atoms with E-state index in [4.69, 9.17) is 19.0 Å². The molecule has 2 aromatic heterocycles. The number of pyridine rings is 1. The molecule has 38 heavy (non-hydrogen) atoms. The quantitative estimate of drug-likeness (QED) is 0.0767. The lowest BCUT2D eigenvalue weighted by Gasteiger charge is -2.09. The van der Waals surface area contributed by atoms with Crippen molar-refractivity contribution in [2.75, 3.05) is 12.9 Å². The fourth-order valence-corrected chi connectivity index (χ4v) is 5.30. The maximum atomic E-state index is 11.1. The maximum Gasteiger partial charge on any atom is 0.265 e. The molecule has 12 heteroatoms. The molecule has 0 saturated heterocycles. The number of oxazole rings is 1. The van der Waals surface area contributed by atoms with Crippen molar-refractivity contribution in [3.63, 3.8) is 0 Å². The molecule has 0 aliphatic rings. The van der Waals surface area contributed by atoms with Crippen LogP contribution in [0.15, 0.2) is 82.4 Å². The highest BCUT2D eigenvalue weighted by Gasteiger charge is 2.18. The van der Waals surface area contributed by atoms with Crippen LogP contribution in [0.3, 0.4) is 0 Å². The lowest BCUT2D eigenvalue weighted by atomic mass is 10.1. The van der Waals surface area contributed by atoms with E-state index in [1.54, 1.807) is 13.3 Å². The summed E-state index contributed by atoms with van der Waals surface area (Å²) in [5, 5.41) is 14.9. The first-order valence-corrected chi connectivity index (χ1v) is 13.8. The molecule has 2 heterocycles. The number of aryl methyl sites for hydroxylation is 1. The van der Waals surface area contributed by atoms with Gasteiger partial charge in [-0.15, -0.1) is 4.33 Å². The van der Waals surface area contributed by atoms with Gasteiger partial charge >= 0.3 is 0 Å². The molecule has 0 spiro atoms. The number of benzene rings is 3. The summed E-state index contributed by atoms with van der Waals surface area (Å²) < 4.78 is 49.3. The maximum absolute atomic E-state index is 11.1. The van der Waals surface area contributed by atoms with E-state index in [1.807, 2.05) is 71.4 Å². The summed E-state index contributed by atoms with van der Waals surface area (Å²) in [5.74, 6) is 1.29. The number of hydrogen-bond donors (Lipinski definition) is 2. The predicted molar refractivity (Wildman–Crippen MR) is 141 cm³/mol. The second-order valence-corrected chi connectivity index (χ2v) is 10.7. The number of hydrogen-bond acceptors (Lipinski definition) is 9. The summed E-state index contributed by atoms with van der Waals surface area (Å²) in [7, 11) is -2.47. The molecule has 0 bridgehead atoms. The standard InChI is InChI=1S/C26H22N2O8S2/c1-33-23-14-17-7-8-18(13-19(17)15-25(23)37-36-35-29)24-16-27-26(34-24)21-9-11-28(10-4-12-38(30,31)32)22-6-3-2-5-20(21)22/h2-3,5-9,11,13-16H,4,10,12H2,1H3,(H-,29,30,31,32)/p+1. The van der Waals surface area contributed by atoms with Gasteiger partial charge in [0.15, 0.2) is 12.0 Å². The molecule has 0 unspecified atom stereocenters. The highest BCUT2D eigenvalue weighted by molar-refractivity contribution is 7.94. The highest BCUT2D eigenvalue weighted by atomic mass is 32.2. The largest absolute Gasteiger partial charge is 0.495 e. The Kier molecular flexibility index (Phi) is 7.61. The molecular weight excluding hydrogens is 532 g/mol. The predicted octanol–water partition coefficient (Wildman–Crippen LogP) is 5.32. The van der Waals surface area contributed by atoms with Crippen LogP contribution in [-0.4, -0.2) is 36.1 Å². The fraction of sp³-hybridized carbons (Fsp3) is 0.154. The first-order valence-electron chi connectivity index (χ1n) is 11.5. The number of aromatic nitrogens is 2. The molecule has 196 valence electrons. The van der Waals surface area contributed by atoms with Crippen molar-refractivity contribution >= 4 is 43.8 Å². The normalized spacial score (nSPS) is 11.9. The van der Waals surface area contributed by atoms with Gasteiger partial charge < -0.3 is 9.15 Å². The summed E-state index contributed by atoms with van der Waals surface area (Å²) in [4.78, 5) is 5.14. The molecule has 0 fully saturated rings. The number of nitrogens with zero attached hydrogens (tertiary/aromatic N) is 2. The van der Waals surface area contributed by atoms with E-state index >= 15 is 0 Å². The van der Waals surface area contributed by atoms with E-state index in [0.29, 0.717) is 28.8 Å². The van der Waals surface area contributed by atoms with Gasteiger partial charge in [-0.3, -0.25) is 4.55 Å². The molecule has 0 radical (unpaired) electrons. The Labute approximate surface area is 222 Å². The van der Waals surface area contributed by atoms with Crippen LogP contribution < -0.4 is 9.30 Å². The first-order chi connectivity index (χ1) is 18.4. The summed E-state index contributed by atoms with van der Waals surface area (Å²) in [6, 6.07) is 19.1. The van der Waals surface area contributed by atoms with Crippen LogP contribution >= 0.6 is 12.0 Å². The van der Waals surface area contributed by atoms with Crippen LogP contribution in [-0.2, 0) is 26.0 Å². The summed E-state index contributed by atoms with van der Waals surface area (Å²) in [5.41, 5.74) is 2.50. The molecule has 0 aliphatic carbocycles. The Hall–Kier alpha value is -3.52. The highest BCUT2D eigenvalue weighted by Crippen LogP contribution is 2.36. The zero-order chi connectivity index (χ0) is 26.7. The molecule has 0 saturated carbocycles. The van der Waals surface area contributed by atoms with Crippen molar-refractivity contribution < 1.29 is 41.3 Å².